The van der Waals surface area contributed by atoms with Gasteiger partial charge in [-0.1, -0.05) is 5.73 Å². The summed E-state index contributed by atoms with van der Waals surface area (Å²) in [4.78, 5) is 2.19. The number of rotatable bonds is 1. The fourth-order valence-corrected chi connectivity index (χ4v) is 2.23. The predicted octanol–water partition coefficient (Wildman–Crippen LogP) is 2.02. The van der Waals surface area contributed by atoms with Crippen molar-refractivity contribution in [2.45, 2.75) is 12.8 Å². The molecular formula is C12H17N3OS. The van der Waals surface area contributed by atoms with Crippen LogP contribution in [-0.4, -0.2) is 32.7 Å². The van der Waals surface area contributed by atoms with Crippen LogP contribution in [0.1, 0.15) is 18.5 Å². The Morgan fingerprint density at radius 2 is 2.00 bits per heavy atom. The molecule has 2 rings (SSSR count). The van der Waals surface area contributed by atoms with Crippen molar-refractivity contribution < 1.29 is 5.11 Å². The lowest BCUT2D eigenvalue weighted by molar-refractivity contribution is 0.430. The number of aromatic hydroxyl groups is 1. The first-order valence-electron chi connectivity index (χ1n) is 5.63. The summed E-state index contributed by atoms with van der Waals surface area (Å²) in [7, 11) is 5.66. The van der Waals surface area contributed by atoms with Gasteiger partial charge in [-0.3, -0.25) is 4.57 Å². The Balaban J connectivity index is 2.47. The molecule has 1 N–H and O–H groups in total. The number of nitrogens with zero attached hydrogens (tertiary/aromatic N) is 3. The van der Waals surface area contributed by atoms with E-state index >= 15 is 0 Å². The van der Waals surface area contributed by atoms with Crippen LogP contribution in [0.25, 0.3) is 6.08 Å². The van der Waals surface area contributed by atoms with E-state index in [9.17, 15) is 5.11 Å². The van der Waals surface area contributed by atoms with Crippen LogP contribution in [0.15, 0.2) is 11.4 Å². The van der Waals surface area contributed by atoms with E-state index in [2.05, 4.69) is 17.7 Å². The second-order valence-corrected chi connectivity index (χ2v) is 4.74. The summed E-state index contributed by atoms with van der Waals surface area (Å²) in [5.74, 6) is 0.186. The first kappa shape index (κ1) is 12.0. The molecule has 0 bridgehead atoms. The van der Waals surface area contributed by atoms with Gasteiger partial charge in [-0.05, 0) is 25.1 Å². The van der Waals surface area contributed by atoms with Crippen LogP contribution < -0.4 is 0 Å². The molecule has 0 unspecified atom stereocenters. The maximum absolute atomic E-state index is 9.92. The van der Waals surface area contributed by atoms with Crippen molar-refractivity contribution in [1.82, 2.24) is 14.0 Å². The zero-order valence-corrected chi connectivity index (χ0v) is 11.2. The van der Waals surface area contributed by atoms with Crippen LogP contribution in [0, 0.1) is 4.77 Å². The highest BCUT2D eigenvalue weighted by Crippen LogP contribution is 2.21. The lowest BCUT2D eigenvalue weighted by Crippen LogP contribution is -2.08. The molecule has 17 heavy (non-hydrogen) atoms. The number of imidazole rings is 1. The van der Waals surface area contributed by atoms with E-state index in [1.165, 1.54) is 12.1 Å². The van der Waals surface area contributed by atoms with Gasteiger partial charge in [0.2, 0.25) is 5.88 Å². The molecule has 0 amide bonds. The van der Waals surface area contributed by atoms with Gasteiger partial charge >= 0.3 is 0 Å². The normalized spacial score (nSPS) is 15.2. The standard InChI is InChI=1S/C12H17N3OS/c1-13-8-4-5-9(13)6-7-10-11(16)15(3)12(17)14(10)2/h7,16H,4-5,8H2,1-3H3. The van der Waals surface area contributed by atoms with Gasteiger partial charge in [-0.25, -0.2) is 0 Å². The summed E-state index contributed by atoms with van der Waals surface area (Å²) < 4.78 is 3.97. The van der Waals surface area contributed by atoms with Crippen LogP contribution >= 0.6 is 12.2 Å². The molecule has 1 aliphatic rings. The SMILES string of the molecule is CN1CCCC1=C=Cc1c(O)n(C)c(=S)n1C. The first-order valence-corrected chi connectivity index (χ1v) is 6.04. The van der Waals surface area contributed by atoms with Crippen LogP contribution in [0.2, 0.25) is 0 Å². The Morgan fingerprint density at radius 3 is 2.47 bits per heavy atom. The van der Waals surface area contributed by atoms with Gasteiger partial charge in [-0.2, -0.15) is 0 Å². The molecule has 2 heterocycles. The van der Waals surface area contributed by atoms with E-state index in [4.69, 9.17) is 12.2 Å². The van der Waals surface area contributed by atoms with Crippen molar-refractivity contribution >= 4 is 18.3 Å². The molecule has 5 heteroatoms. The van der Waals surface area contributed by atoms with Crippen LogP contribution in [0.3, 0.4) is 0 Å². The summed E-state index contributed by atoms with van der Waals surface area (Å²) in [6.45, 7) is 1.08. The van der Waals surface area contributed by atoms with Crippen molar-refractivity contribution in [3.8, 4) is 5.88 Å². The highest BCUT2D eigenvalue weighted by Gasteiger charge is 2.12. The van der Waals surface area contributed by atoms with Crippen LogP contribution in [0.4, 0.5) is 0 Å². The quantitative estimate of drug-likeness (QED) is 0.612. The average molecular weight is 251 g/mol. The molecule has 4 nitrogen and oxygen atoms in total. The van der Waals surface area contributed by atoms with Crippen molar-refractivity contribution in [2.24, 2.45) is 14.1 Å². The van der Waals surface area contributed by atoms with Crippen molar-refractivity contribution in [3.05, 3.63) is 21.9 Å². The van der Waals surface area contributed by atoms with Crippen LogP contribution in [0.5, 0.6) is 5.88 Å². The minimum atomic E-state index is 0.186. The predicted molar refractivity (Wildman–Crippen MR) is 70.2 cm³/mol. The van der Waals surface area contributed by atoms with Gasteiger partial charge in [0.05, 0.1) is 5.70 Å². The second-order valence-electron chi connectivity index (χ2n) is 4.37. The maximum atomic E-state index is 9.92. The molecule has 0 radical (unpaired) electrons. The lowest BCUT2D eigenvalue weighted by Gasteiger charge is -2.08. The minimum absolute atomic E-state index is 0.186. The summed E-state index contributed by atoms with van der Waals surface area (Å²) in [6.07, 6.45) is 4.03. The zero-order valence-electron chi connectivity index (χ0n) is 10.4. The smallest absolute Gasteiger partial charge is 0.218 e. The van der Waals surface area contributed by atoms with E-state index in [-0.39, 0.29) is 5.88 Å². The van der Waals surface area contributed by atoms with Crippen molar-refractivity contribution in [2.75, 3.05) is 13.6 Å². The van der Waals surface area contributed by atoms with Gasteiger partial charge in [0, 0.05) is 33.8 Å². The van der Waals surface area contributed by atoms with Crippen molar-refractivity contribution in [3.63, 3.8) is 0 Å². The molecule has 0 saturated carbocycles. The Kier molecular flexibility index (Phi) is 3.13. The van der Waals surface area contributed by atoms with Crippen LogP contribution in [-0.2, 0) is 14.1 Å². The minimum Gasteiger partial charge on any atom is -0.493 e. The Hall–Kier alpha value is -1.45. The highest BCUT2D eigenvalue weighted by molar-refractivity contribution is 7.71. The number of allylic oxidation sites excluding steroid dienone is 1. The van der Waals surface area contributed by atoms with Gasteiger partial charge in [-0.15, -0.1) is 0 Å². The fraction of sp³-hybridized carbons (Fsp3) is 0.500. The summed E-state index contributed by atoms with van der Waals surface area (Å²) in [6, 6.07) is 0. The third-order valence-corrected chi connectivity index (χ3v) is 3.77. The van der Waals surface area contributed by atoms with Crippen molar-refractivity contribution in [1.29, 1.82) is 0 Å². The molecular weight excluding hydrogens is 234 g/mol. The number of hydrogen-bond donors (Lipinski definition) is 1. The second kappa shape index (κ2) is 4.43. The molecule has 1 aromatic rings. The monoisotopic (exact) mass is 251 g/mol. The number of likely N-dealkylation sites (tertiary alicyclic amines) is 1. The third kappa shape index (κ3) is 2.04. The fourth-order valence-electron chi connectivity index (χ4n) is 2.05. The zero-order chi connectivity index (χ0) is 12.6. The largest absolute Gasteiger partial charge is 0.493 e. The summed E-state index contributed by atoms with van der Waals surface area (Å²) >= 11 is 5.18. The van der Waals surface area contributed by atoms with E-state index in [0.717, 1.165) is 13.0 Å². The Bertz CT molecular complexity index is 561. The molecule has 1 aromatic heterocycles. The molecule has 1 saturated heterocycles. The van der Waals surface area contributed by atoms with E-state index in [1.54, 1.807) is 16.2 Å². The van der Waals surface area contributed by atoms with Gasteiger partial charge in [0.25, 0.3) is 0 Å². The molecule has 0 atom stereocenters. The third-order valence-electron chi connectivity index (χ3n) is 3.23. The Labute approximate surface area is 106 Å². The average Bonchev–Trinajstić information content (AvgIpc) is 2.78. The molecule has 1 fully saturated rings. The molecule has 92 valence electrons. The van der Waals surface area contributed by atoms with Gasteiger partial charge < -0.3 is 14.6 Å². The number of aromatic nitrogens is 2. The topological polar surface area (TPSA) is 33.3 Å². The summed E-state index contributed by atoms with van der Waals surface area (Å²) in [5, 5.41) is 9.92. The molecule has 0 aliphatic carbocycles. The molecule has 0 aromatic carbocycles. The highest BCUT2D eigenvalue weighted by atomic mass is 32.1. The maximum Gasteiger partial charge on any atom is 0.218 e. The molecule has 0 spiro atoms. The van der Waals surface area contributed by atoms with Gasteiger partial charge in [0.15, 0.2) is 4.77 Å². The van der Waals surface area contributed by atoms with Gasteiger partial charge in [0.1, 0.15) is 5.69 Å². The lowest BCUT2D eigenvalue weighted by atomic mass is 10.3. The summed E-state index contributed by atoms with van der Waals surface area (Å²) in [5.41, 5.74) is 5.13. The van der Waals surface area contributed by atoms with E-state index in [0.29, 0.717) is 10.5 Å². The number of hydrogen-bond acceptors (Lipinski definition) is 3. The van der Waals surface area contributed by atoms with E-state index in [1.807, 2.05) is 13.1 Å². The van der Waals surface area contributed by atoms with E-state index < -0.39 is 0 Å². The Morgan fingerprint density at radius 1 is 1.29 bits per heavy atom. The molecule has 1 aliphatic heterocycles. The first-order chi connectivity index (χ1) is 8.02.